The van der Waals surface area contributed by atoms with Crippen LogP contribution in [-0.4, -0.2) is 35.1 Å². The Hall–Kier alpha value is -2.63. The molecule has 0 atom stereocenters. The highest BCUT2D eigenvalue weighted by Crippen LogP contribution is 2.23. The molecule has 0 aliphatic carbocycles. The Morgan fingerprint density at radius 3 is 2.74 bits per heavy atom. The van der Waals surface area contributed by atoms with Gasteiger partial charge in [0.2, 0.25) is 0 Å². The van der Waals surface area contributed by atoms with Crippen molar-refractivity contribution in [3.8, 4) is 5.75 Å². The molecule has 98 valence electrons. The SMILES string of the molecule is CN(C)c1ccncc1NC(=O)c1cncc(O)c1. The van der Waals surface area contributed by atoms with Crippen LogP contribution >= 0.6 is 0 Å². The van der Waals surface area contributed by atoms with Crippen LogP contribution in [0.2, 0.25) is 0 Å². The number of hydrogen-bond acceptors (Lipinski definition) is 5. The molecule has 6 nitrogen and oxygen atoms in total. The highest BCUT2D eigenvalue weighted by molar-refractivity contribution is 6.05. The molecule has 0 fully saturated rings. The predicted octanol–water partition coefficient (Wildman–Crippen LogP) is 1.50. The van der Waals surface area contributed by atoms with Crippen LogP contribution in [0.3, 0.4) is 0 Å². The Morgan fingerprint density at radius 2 is 2.05 bits per heavy atom. The quantitative estimate of drug-likeness (QED) is 0.872. The number of pyridine rings is 2. The molecule has 0 bridgehead atoms. The van der Waals surface area contributed by atoms with E-state index >= 15 is 0 Å². The van der Waals surface area contributed by atoms with E-state index in [9.17, 15) is 9.90 Å². The van der Waals surface area contributed by atoms with Gasteiger partial charge in [0.25, 0.3) is 5.91 Å². The lowest BCUT2D eigenvalue weighted by Gasteiger charge is -2.17. The lowest BCUT2D eigenvalue weighted by Crippen LogP contribution is -2.17. The number of aromatic hydroxyl groups is 1. The second-order valence-electron chi connectivity index (χ2n) is 4.17. The van der Waals surface area contributed by atoms with E-state index in [0.29, 0.717) is 5.69 Å². The third-order valence-electron chi connectivity index (χ3n) is 2.51. The third-order valence-corrected chi connectivity index (χ3v) is 2.51. The summed E-state index contributed by atoms with van der Waals surface area (Å²) >= 11 is 0. The fraction of sp³-hybridized carbons (Fsp3) is 0.154. The first kappa shape index (κ1) is 12.8. The number of carbonyl (C=O) groups excluding carboxylic acids is 1. The Morgan fingerprint density at radius 1 is 1.26 bits per heavy atom. The van der Waals surface area contributed by atoms with Gasteiger partial charge >= 0.3 is 0 Å². The van der Waals surface area contributed by atoms with Crippen LogP contribution in [0.5, 0.6) is 5.75 Å². The van der Waals surface area contributed by atoms with E-state index < -0.39 is 0 Å². The molecule has 19 heavy (non-hydrogen) atoms. The number of amides is 1. The Bertz CT molecular complexity index is 599. The van der Waals surface area contributed by atoms with E-state index in [0.717, 1.165) is 5.69 Å². The monoisotopic (exact) mass is 258 g/mol. The fourth-order valence-electron chi connectivity index (χ4n) is 1.62. The zero-order chi connectivity index (χ0) is 13.8. The fourth-order valence-corrected chi connectivity index (χ4v) is 1.62. The van der Waals surface area contributed by atoms with Gasteiger partial charge in [-0.05, 0) is 12.1 Å². The summed E-state index contributed by atoms with van der Waals surface area (Å²) in [6, 6.07) is 3.16. The van der Waals surface area contributed by atoms with Crippen LogP contribution in [0.25, 0.3) is 0 Å². The van der Waals surface area contributed by atoms with Crippen molar-refractivity contribution in [3.05, 3.63) is 42.5 Å². The minimum absolute atomic E-state index is 0.0494. The van der Waals surface area contributed by atoms with Crippen molar-refractivity contribution in [1.82, 2.24) is 9.97 Å². The Balaban J connectivity index is 2.24. The summed E-state index contributed by atoms with van der Waals surface area (Å²) in [5.74, 6) is -0.397. The van der Waals surface area contributed by atoms with E-state index in [1.165, 1.54) is 18.5 Å². The average Bonchev–Trinajstić information content (AvgIpc) is 2.39. The minimum Gasteiger partial charge on any atom is -0.506 e. The van der Waals surface area contributed by atoms with E-state index in [1.807, 2.05) is 19.0 Å². The maximum Gasteiger partial charge on any atom is 0.257 e. The molecule has 0 saturated carbocycles. The van der Waals surface area contributed by atoms with Crippen LogP contribution in [0.1, 0.15) is 10.4 Å². The molecule has 2 aromatic heterocycles. The molecule has 0 aliphatic heterocycles. The third kappa shape index (κ3) is 2.98. The summed E-state index contributed by atoms with van der Waals surface area (Å²) in [4.78, 5) is 21.7. The Kier molecular flexibility index (Phi) is 3.61. The first-order valence-electron chi connectivity index (χ1n) is 5.64. The second kappa shape index (κ2) is 5.34. The largest absolute Gasteiger partial charge is 0.506 e. The predicted molar refractivity (Wildman–Crippen MR) is 72.4 cm³/mol. The standard InChI is InChI=1S/C13H14N4O2/c1-17(2)12-3-4-14-8-11(12)16-13(19)9-5-10(18)7-15-6-9/h3-8,18H,1-2H3,(H,16,19). The van der Waals surface area contributed by atoms with E-state index in [1.54, 1.807) is 18.5 Å². The van der Waals surface area contributed by atoms with Gasteiger partial charge in [0.05, 0.1) is 29.3 Å². The Labute approximate surface area is 110 Å². The topological polar surface area (TPSA) is 78.4 Å². The van der Waals surface area contributed by atoms with Crippen LogP contribution in [0, 0.1) is 0 Å². The molecular formula is C13H14N4O2. The number of carbonyl (C=O) groups is 1. The first-order chi connectivity index (χ1) is 9.08. The highest BCUT2D eigenvalue weighted by atomic mass is 16.3. The molecule has 0 radical (unpaired) electrons. The number of aromatic nitrogens is 2. The second-order valence-corrected chi connectivity index (χ2v) is 4.17. The van der Waals surface area contributed by atoms with Crippen molar-refractivity contribution in [2.24, 2.45) is 0 Å². The normalized spacial score (nSPS) is 10.0. The van der Waals surface area contributed by atoms with Crippen molar-refractivity contribution in [1.29, 1.82) is 0 Å². The molecule has 1 amide bonds. The lowest BCUT2D eigenvalue weighted by atomic mass is 10.2. The maximum atomic E-state index is 12.0. The van der Waals surface area contributed by atoms with Gasteiger partial charge < -0.3 is 15.3 Å². The van der Waals surface area contributed by atoms with Crippen molar-refractivity contribution in [2.45, 2.75) is 0 Å². The zero-order valence-corrected chi connectivity index (χ0v) is 10.7. The van der Waals surface area contributed by atoms with E-state index in [-0.39, 0.29) is 17.2 Å². The van der Waals surface area contributed by atoms with Crippen LogP contribution in [0.15, 0.2) is 36.9 Å². The molecule has 2 aromatic rings. The smallest absolute Gasteiger partial charge is 0.257 e. The molecule has 6 heteroatoms. The molecule has 2 rings (SSSR count). The van der Waals surface area contributed by atoms with Gasteiger partial charge in [0.1, 0.15) is 5.75 Å². The number of anilines is 2. The van der Waals surface area contributed by atoms with Gasteiger partial charge in [-0.3, -0.25) is 14.8 Å². The van der Waals surface area contributed by atoms with Gasteiger partial charge in [-0.25, -0.2) is 0 Å². The molecule has 0 aliphatic rings. The molecular weight excluding hydrogens is 244 g/mol. The summed E-state index contributed by atoms with van der Waals surface area (Å²) in [6.07, 6.45) is 5.89. The van der Waals surface area contributed by atoms with Gasteiger partial charge in [-0.15, -0.1) is 0 Å². The molecule has 2 heterocycles. The van der Waals surface area contributed by atoms with Crippen molar-refractivity contribution < 1.29 is 9.90 Å². The van der Waals surface area contributed by atoms with Crippen LogP contribution < -0.4 is 10.2 Å². The minimum atomic E-state index is -0.348. The molecule has 0 aromatic carbocycles. The summed E-state index contributed by atoms with van der Waals surface area (Å²) in [6.45, 7) is 0. The number of nitrogens with one attached hydrogen (secondary N) is 1. The summed E-state index contributed by atoms with van der Waals surface area (Å²) in [5.41, 5.74) is 1.73. The first-order valence-corrected chi connectivity index (χ1v) is 5.64. The van der Waals surface area contributed by atoms with Gasteiger partial charge in [0.15, 0.2) is 0 Å². The van der Waals surface area contributed by atoms with Gasteiger partial charge in [0, 0.05) is 26.5 Å². The molecule has 0 unspecified atom stereocenters. The van der Waals surface area contributed by atoms with E-state index in [4.69, 9.17) is 0 Å². The lowest BCUT2D eigenvalue weighted by molar-refractivity contribution is 0.102. The number of rotatable bonds is 3. The van der Waals surface area contributed by atoms with Crippen molar-refractivity contribution in [2.75, 3.05) is 24.3 Å². The molecule has 0 saturated heterocycles. The number of hydrogen-bond donors (Lipinski definition) is 2. The van der Waals surface area contributed by atoms with E-state index in [2.05, 4.69) is 15.3 Å². The van der Waals surface area contributed by atoms with Crippen molar-refractivity contribution in [3.63, 3.8) is 0 Å². The average molecular weight is 258 g/mol. The molecule has 0 spiro atoms. The van der Waals surface area contributed by atoms with Gasteiger partial charge in [-0.2, -0.15) is 0 Å². The number of nitrogens with zero attached hydrogens (tertiary/aromatic N) is 3. The van der Waals surface area contributed by atoms with Crippen LogP contribution in [0.4, 0.5) is 11.4 Å². The zero-order valence-electron chi connectivity index (χ0n) is 10.7. The molecule has 2 N–H and O–H groups in total. The summed E-state index contributed by atoms with van der Waals surface area (Å²) < 4.78 is 0. The maximum absolute atomic E-state index is 12.0. The van der Waals surface area contributed by atoms with Crippen molar-refractivity contribution >= 4 is 17.3 Å². The summed E-state index contributed by atoms with van der Waals surface area (Å²) in [7, 11) is 3.75. The van der Waals surface area contributed by atoms with Crippen LogP contribution in [-0.2, 0) is 0 Å². The highest BCUT2D eigenvalue weighted by Gasteiger charge is 2.11. The summed E-state index contributed by atoms with van der Waals surface area (Å²) in [5, 5.41) is 12.0. The van der Waals surface area contributed by atoms with Gasteiger partial charge in [-0.1, -0.05) is 0 Å².